The van der Waals surface area contributed by atoms with Crippen LogP contribution in [0.25, 0.3) is 0 Å². The molecule has 7 nitrogen and oxygen atoms in total. The Morgan fingerprint density at radius 1 is 1.35 bits per heavy atom. The van der Waals surface area contributed by atoms with Crippen LogP contribution in [-0.4, -0.2) is 21.0 Å². The Labute approximate surface area is 111 Å². The Balaban J connectivity index is 2.46. The van der Waals surface area contributed by atoms with Crippen LogP contribution in [0, 0.1) is 15.9 Å². The number of carboxylic acids is 1. The highest BCUT2D eigenvalue weighted by Crippen LogP contribution is 2.31. The quantitative estimate of drug-likeness (QED) is 0.681. The number of hydrogen-bond donors (Lipinski definition) is 1. The highest BCUT2D eigenvalue weighted by molar-refractivity contribution is 5.95. The third-order valence-corrected chi connectivity index (χ3v) is 2.33. The van der Waals surface area contributed by atoms with Crippen LogP contribution in [-0.2, 0) is 0 Å². The Morgan fingerprint density at radius 2 is 2.10 bits per heavy atom. The first-order chi connectivity index (χ1) is 9.49. The van der Waals surface area contributed by atoms with E-state index in [9.17, 15) is 19.3 Å². The number of benzene rings is 1. The third-order valence-electron chi connectivity index (χ3n) is 2.33. The second-order valence-electron chi connectivity index (χ2n) is 3.63. The summed E-state index contributed by atoms with van der Waals surface area (Å²) < 4.78 is 17.9. The van der Waals surface area contributed by atoms with E-state index in [2.05, 4.69) is 4.98 Å². The van der Waals surface area contributed by atoms with Gasteiger partial charge in [0, 0.05) is 12.1 Å². The number of ether oxygens (including phenoxy) is 1. The Kier molecular flexibility index (Phi) is 3.56. The summed E-state index contributed by atoms with van der Waals surface area (Å²) in [7, 11) is 0. The van der Waals surface area contributed by atoms with E-state index in [1.165, 1.54) is 18.2 Å². The van der Waals surface area contributed by atoms with E-state index in [1.807, 2.05) is 0 Å². The van der Waals surface area contributed by atoms with E-state index < -0.39 is 28.0 Å². The Hall–Kier alpha value is -3.03. The van der Waals surface area contributed by atoms with Gasteiger partial charge in [0.05, 0.1) is 11.1 Å². The molecule has 0 saturated heterocycles. The molecule has 0 aliphatic heterocycles. The Morgan fingerprint density at radius 3 is 2.65 bits per heavy atom. The minimum Gasteiger partial charge on any atom is -0.477 e. The summed E-state index contributed by atoms with van der Waals surface area (Å²) in [6, 6.07) is 5.83. The van der Waals surface area contributed by atoms with Crippen molar-refractivity contribution in [2.24, 2.45) is 0 Å². The van der Waals surface area contributed by atoms with Crippen LogP contribution in [0.2, 0.25) is 0 Å². The van der Waals surface area contributed by atoms with Gasteiger partial charge in [0.1, 0.15) is 5.82 Å². The molecule has 0 radical (unpaired) electrons. The molecular formula is C12H7FN2O5. The molecule has 2 aromatic rings. The van der Waals surface area contributed by atoms with Crippen molar-refractivity contribution < 1.29 is 24.0 Å². The van der Waals surface area contributed by atoms with Crippen LogP contribution >= 0.6 is 0 Å². The molecule has 0 unspecified atom stereocenters. The fourth-order valence-corrected chi connectivity index (χ4v) is 1.51. The zero-order valence-corrected chi connectivity index (χ0v) is 9.82. The molecule has 2 rings (SSSR count). The second-order valence-corrected chi connectivity index (χ2v) is 3.63. The van der Waals surface area contributed by atoms with Crippen molar-refractivity contribution >= 4 is 11.7 Å². The summed E-state index contributed by atoms with van der Waals surface area (Å²) >= 11 is 0. The largest absolute Gasteiger partial charge is 0.477 e. The first-order valence-electron chi connectivity index (χ1n) is 5.29. The van der Waals surface area contributed by atoms with Gasteiger partial charge in [0.25, 0.3) is 5.69 Å². The zero-order chi connectivity index (χ0) is 14.7. The van der Waals surface area contributed by atoms with Gasteiger partial charge in [0.2, 0.25) is 5.88 Å². The molecule has 0 aliphatic carbocycles. The number of rotatable bonds is 4. The molecule has 0 aliphatic rings. The summed E-state index contributed by atoms with van der Waals surface area (Å²) in [5.41, 5.74) is -1.19. The number of carboxylic acid groups (broad SMARTS) is 1. The van der Waals surface area contributed by atoms with E-state index in [0.717, 1.165) is 18.3 Å². The maximum absolute atomic E-state index is 12.7. The summed E-state index contributed by atoms with van der Waals surface area (Å²) in [5, 5.41) is 19.8. The Bertz CT molecular complexity index is 672. The molecule has 0 saturated carbocycles. The van der Waals surface area contributed by atoms with Gasteiger partial charge in [-0.1, -0.05) is 6.07 Å². The van der Waals surface area contributed by atoms with Gasteiger partial charge in [-0.25, -0.2) is 14.2 Å². The van der Waals surface area contributed by atoms with Gasteiger partial charge >= 0.3 is 5.97 Å². The maximum atomic E-state index is 12.7. The van der Waals surface area contributed by atoms with Crippen LogP contribution in [0.4, 0.5) is 10.1 Å². The fraction of sp³-hybridized carbons (Fsp3) is 0. The molecule has 1 aromatic heterocycles. The van der Waals surface area contributed by atoms with Crippen LogP contribution < -0.4 is 4.74 Å². The van der Waals surface area contributed by atoms with Crippen LogP contribution in [0.5, 0.6) is 11.6 Å². The lowest BCUT2D eigenvalue weighted by atomic mass is 10.1. The maximum Gasteiger partial charge on any atom is 0.346 e. The van der Waals surface area contributed by atoms with Crippen molar-refractivity contribution in [3.63, 3.8) is 0 Å². The first kappa shape index (κ1) is 13.4. The predicted molar refractivity (Wildman–Crippen MR) is 64.3 cm³/mol. The average Bonchev–Trinajstić information content (AvgIpc) is 2.40. The smallest absolute Gasteiger partial charge is 0.346 e. The standard InChI is InChI=1S/C12H7FN2O5/c13-7-4-5-10(14-6-7)20-9-3-1-2-8(15(18)19)11(9)12(16)17/h1-6H,(H,16,17). The van der Waals surface area contributed by atoms with E-state index in [0.29, 0.717) is 0 Å². The van der Waals surface area contributed by atoms with Crippen molar-refractivity contribution in [2.75, 3.05) is 0 Å². The third kappa shape index (κ3) is 2.69. The number of hydrogen-bond acceptors (Lipinski definition) is 5. The molecule has 0 amide bonds. The highest BCUT2D eigenvalue weighted by atomic mass is 19.1. The number of nitro groups is 1. The lowest BCUT2D eigenvalue weighted by Crippen LogP contribution is -2.05. The summed E-state index contributed by atoms with van der Waals surface area (Å²) in [6.07, 6.45) is 0.882. The van der Waals surface area contributed by atoms with Crippen molar-refractivity contribution in [1.82, 2.24) is 4.98 Å². The van der Waals surface area contributed by atoms with Crippen molar-refractivity contribution in [1.29, 1.82) is 0 Å². The number of nitro benzene ring substituents is 1. The molecule has 0 atom stereocenters. The molecule has 0 bridgehead atoms. The van der Waals surface area contributed by atoms with Gasteiger partial charge in [-0.05, 0) is 12.1 Å². The minimum absolute atomic E-state index is 0.0746. The van der Waals surface area contributed by atoms with Gasteiger partial charge < -0.3 is 9.84 Å². The van der Waals surface area contributed by atoms with Gasteiger partial charge in [-0.3, -0.25) is 10.1 Å². The van der Waals surface area contributed by atoms with Gasteiger partial charge in [-0.15, -0.1) is 0 Å². The minimum atomic E-state index is -1.51. The molecule has 20 heavy (non-hydrogen) atoms. The van der Waals surface area contributed by atoms with Crippen LogP contribution in [0.1, 0.15) is 10.4 Å². The number of halogens is 1. The second kappa shape index (κ2) is 5.31. The molecule has 8 heteroatoms. The highest BCUT2D eigenvalue weighted by Gasteiger charge is 2.25. The number of aromatic carboxylic acids is 1. The molecule has 0 fully saturated rings. The summed E-state index contributed by atoms with van der Waals surface area (Å²) in [6.45, 7) is 0. The first-order valence-corrected chi connectivity index (χ1v) is 5.29. The molecule has 0 spiro atoms. The number of nitrogens with zero attached hydrogens (tertiary/aromatic N) is 2. The van der Waals surface area contributed by atoms with Crippen molar-refractivity contribution in [3.8, 4) is 11.6 Å². The fourth-order valence-electron chi connectivity index (χ4n) is 1.51. The summed E-state index contributed by atoms with van der Waals surface area (Å²) in [5.74, 6) is -2.41. The van der Waals surface area contributed by atoms with Crippen molar-refractivity contribution in [3.05, 3.63) is 58.0 Å². The van der Waals surface area contributed by atoms with E-state index in [1.54, 1.807) is 0 Å². The molecular weight excluding hydrogens is 271 g/mol. The molecule has 102 valence electrons. The van der Waals surface area contributed by atoms with E-state index in [4.69, 9.17) is 9.84 Å². The zero-order valence-electron chi connectivity index (χ0n) is 9.82. The van der Waals surface area contributed by atoms with Gasteiger partial charge in [-0.2, -0.15) is 0 Å². The lowest BCUT2D eigenvalue weighted by molar-refractivity contribution is -0.385. The molecule has 1 N–H and O–H groups in total. The average molecular weight is 278 g/mol. The van der Waals surface area contributed by atoms with Crippen LogP contribution in [0.15, 0.2) is 36.5 Å². The normalized spacial score (nSPS) is 10.1. The van der Waals surface area contributed by atoms with Crippen molar-refractivity contribution in [2.45, 2.75) is 0 Å². The molecule has 1 aromatic carbocycles. The topological polar surface area (TPSA) is 103 Å². The number of pyridine rings is 1. The number of carbonyl (C=O) groups is 1. The van der Waals surface area contributed by atoms with Crippen LogP contribution in [0.3, 0.4) is 0 Å². The molecule has 1 heterocycles. The van der Waals surface area contributed by atoms with Gasteiger partial charge in [0.15, 0.2) is 11.3 Å². The summed E-state index contributed by atoms with van der Waals surface area (Å²) in [4.78, 5) is 24.7. The van der Waals surface area contributed by atoms with E-state index >= 15 is 0 Å². The SMILES string of the molecule is O=C(O)c1c(Oc2ccc(F)cn2)cccc1[N+](=O)[O-]. The monoisotopic (exact) mass is 278 g/mol. The predicted octanol–water partition coefficient (Wildman–Crippen LogP) is 2.62. The van der Waals surface area contributed by atoms with E-state index in [-0.39, 0.29) is 11.6 Å². The lowest BCUT2D eigenvalue weighted by Gasteiger charge is -2.07. The number of aromatic nitrogens is 1.